The zero-order valence-corrected chi connectivity index (χ0v) is 16.9. The van der Waals surface area contributed by atoms with E-state index in [0.29, 0.717) is 16.2 Å². The molecular formula is C21H30N2O2S. The van der Waals surface area contributed by atoms with E-state index in [9.17, 15) is 4.79 Å². The Bertz CT molecular complexity index is 785. The van der Waals surface area contributed by atoms with Crippen molar-refractivity contribution in [3.05, 3.63) is 28.3 Å². The number of aryl methyl sites for hydroxylation is 1. The molecule has 1 amide bonds. The molecule has 0 spiro atoms. The van der Waals surface area contributed by atoms with Crippen LogP contribution in [0.25, 0.3) is 10.2 Å². The van der Waals surface area contributed by atoms with Crippen LogP contribution in [0.15, 0.2) is 12.1 Å². The lowest BCUT2D eigenvalue weighted by Gasteiger charge is -2.34. The van der Waals surface area contributed by atoms with E-state index in [2.05, 4.69) is 26.8 Å². The van der Waals surface area contributed by atoms with Crippen molar-refractivity contribution in [2.75, 3.05) is 0 Å². The number of nitrogens with zero attached hydrogens (tertiary/aromatic N) is 1. The molecular weight excluding hydrogens is 344 g/mol. The van der Waals surface area contributed by atoms with Crippen molar-refractivity contribution < 1.29 is 9.90 Å². The Morgan fingerprint density at radius 2 is 1.92 bits per heavy atom. The van der Waals surface area contributed by atoms with Gasteiger partial charge in [-0.1, -0.05) is 33.6 Å². The van der Waals surface area contributed by atoms with Crippen LogP contribution in [0.5, 0.6) is 0 Å². The summed E-state index contributed by atoms with van der Waals surface area (Å²) in [5.74, 6) is 0.335. The highest BCUT2D eigenvalue weighted by Gasteiger charge is 2.29. The van der Waals surface area contributed by atoms with Crippen LogP contribution >= 0.6 is 11.3 Å². The van der Waals surface area contributed by atoms with Crippen LogP contribution < -0.4 is 5.73 Å². The maximum atomic E-state index is 11.3. The summed E-state index contributed by atoms with van der Waals surface area (Å²) < 4.78 is 0. The zero-order valence-electron chi connectivity index (χ0n) is 16.0. The van der Waals surface area contributed by atoms with E-state index in [0.717, 1.165) is 35.9 Å². The van der Waals surface area contributed by atoms with Gasteiger partial charge in [0.1, 0.15) is 4.83 Å². The average molecular weight is 375 g/mol. The Labute approximate surface area is 159 Å². The molecule has 1 saturated carbocycles. The molecule has 2 aromatic rings. The molecule has 1 unspecified atom stereocenters. The minimum Gasteiger partial charge on any atom is -0.393 e. The molecule has 1 atom stereocenters. The number of amides is 1. The number of rotatable bonds is 1. The molecule has 0 aromatic carbocycles. The van der Waals surface area contributed by atoms with E-state index in [1.54, 1.807) is 0 Å². The molecule has 5 heteroatoms. The van der Waals surface area contributed by atoms with Gasteiger partial charge in [0.05, 0.1) is 11.0 Å². The molecule has 0 radical (unpaired) electrons. The number of pyridine rings is 1. The third-order valence-corrected chi connectivity index (χ3v) is 6.72. The first-order valence-electron chi connectivity index (χ1n) is 9.64. The van der Waals surface area contributed by atoms with Gasteiger partial charge in [0.2, 0.25) is 0 Å². The quantitative estimate of drug-likeness (QED) is 0.773. The van der Waals surface area contributed by atoms with Crippen molar-refractivity contribution >= 4 is 27.5 Å². The van der Waals surface area contributed by atoms with Crippen molar-refractivity contribution in [2.45, 2.75) is 71.8 Å². The van der Waals surface area contributed by atoms with Gasteiger partial charge < -0.3 is 10.8 Å². The lowest BCUT2D eigenvalue weighted by Crippen LogP contribution is -2.27. The summed E-state index contributed by atoms with van der Waals surface area (Å²) in [7, 11) is 0. The average Bonchev–Trinajstić information content (AvgIpc) is 3.20. The van der Waals surface area contributed by atoms with Gasteiger partial charge in [-0.15, -0.1) is 11.3 Å². The first-order valence-corrected chi connectivity index (χ1v) is 10.5. The molecule has 142 valence electrons. The van der Waals surface area contributed by atoms with Crippen LogP contribution in [-0.2, 0) is 12.8 Å². The second-order valence-electron chi connectivity index (χ2n) is 8.71. The molecule has 1 fully saturated rings. The summed E-state index contributed by atoms with van der Waals surface area (Å²) in [5.41, 5.74) is 8.24. The predicted molar refractivity (Wildman–Crippen MR) is 108 cm³/mol. The molecule has 4 nitrogen and oxygen atoms in total. The van der Waals surface area contributed by atoms with Gasteiger partial charge in [0.15, 0.2) is 0 Å². The minimum atomic E-state index is -0.362. The van der Waals surface area contributed by atoms with E-state index in [-0.39, 0.29) is 12.0 Å². The molecule has 26 heavy (non-hydrogen) atoms. The van der Waals surface area contributed by atoms with E-state index in [1.807, 2.05) is 6.07 Å². The molecule has 2 aliphatic rings. The number of aliphatic hydroxyl groups is 1. The number of hydrogen-bond donors (Lipinski definition) is 2. The van der Waals surface area contributed by atoms with Crippen molar-refractivity contribution in [3.8, 4) is 0 Å². The maximum Gasteiger partial charge on any atom is 0.258 e. The molecule has 2 aliphatic carbocycles. The first kappa shape index (κ1) is 19.3. The van der Waals surface area contributed by atoms with Crippen molar-refractivity contribution in [1.29, 1.82) is 0 Å². The summed E-state index contributed by atoms with van der Waals surface area (Å²) in [5, 5.41) is 9.78. The van der Waals surface area contributed by atoms with E-state index in [4.69, 9.17) is 15.8 Å². The number of aromatic nitrogens is 1. The van der Waals surface area contributed by atoms with Crippen molar-refractivity contribution in [2.24, 2.45) is 17.1 Å². The number of thiophene rings is 1. The van der Waals surface area contributed by atoms with Gasteiger partial charge in [0.25, 0.3) is 5.91 Å². The minimum absolute atomic E-state index is 0.0463. The van der Waals surface area contributed by atoms with Crippen LogP contribution in [0.3, 0.4) is 0 Å². The standard InChI is InChI=1S/C16H20N2OS.C5H10O/c1-16(2,3)11-4-5-12-9(7-11)6-10-8-13(14(17)19)20-15(10)18-12;6-5-3-1-2-4-5/h6,8,11H,4-5,7H2,1-3H3,(H2,17,19);5-6H,1-4H2. The number of nitrogens with two attached hydrogens (primary N) is 1. The van der Waals surface area contributed by atoms with Crippen molar-refractivity contribution in [3.63, 3.8) is 0 Å². The van der Waals surface area contributed by atoms with Crippen LogP contribution in [0, 0.1) is 11.3 Å². The largest absolute Gasteiger partial charge is 0.393 e. The number of carbonyl (C=O) groups excluding carboxylic acids is 1. The van der Waals surface area contributed by atoms with Crippen LogP contribution in [0.2, 0.25) is 0 Å². The second kappa shape index (κ2) is 7.65. The Balaban J connectivity index is 0.000000278. The monoisotopic (exact) mass is 374 g/mol. The highest BCUT2D eigenvalue weighted by atomic mass is 32.1. The summed E-state index contributed by atoms with van der Waals surface area (Å²) in [6.07, 6.45) is 7.93. The van der Waals surface area contributed by atoms with Gasteiger partial charge in [-0.3, -0.25) is 4.79 Å². The van der Waals surface area contributed by atoms with E-state index in [1.165, 1.54) is 41.9 Å². The Kier molecular flexibility index (Phi) is 5.68. The fraction of sp³-hybridized carbons (Fsp3) is 0.619. The Hall–Kier alpha value is -1.46. The summed E-state index contributed by atoms with van der Waals surface area (Å²) in [4.78, 5) is 17.6. The van der Waals surface area contributed by atoms with E-state index >= 15 is 0 Å². The topological polar surface area (TPSA) is 76.2 Å². The summed E-state index contributed by atoms with van der Waals surface area (Å²) >= 11 is 1.40. The number of hydrogen-bond acceptors (Lipinski definition) is 4. The SMILES string of the molecule is CC(C)(C)C1CCc2nc3sc(C(N)=O)cc3cc2C1.OC1CCCC1. The molecule has 4 rings (SSSR count). The smallest absolute Gasteiger partial charge is 0.258 e. The molecule has 0 saturated heterocycles. The third kappa shape index (κ3) is 4.44. The van der Waals surface area contributed by atoms with Gasteiger partial charge in [0, 0.05) is 11.1 Å². The number of carbonyl (C=O) groups is 1. The normalized spacial score (nSPS) is 20.5. The summed E-state index contributed by atoms with van der Waals surface area (Å²) in [6.45, 7) is 6.93. The predicted octanol–water partition coefficient (Wildman–Crippen LogP) is 4.47. The fourth-order valence-corrected chi connectivity index (χ4v) is 4.77. The lowest BCUT2D eigenvalue weighted by atomic mass is 9.71. The molecule has 0 bridgehead atoms. The van der Waals surface area contributed by atoms with Gasteiger partial charge >= 0.3 is 0 Å². The number of aliphatic hydroxyl groups excluding tert-OH is 1. The Morgan fingerprint density at radius 1 is 1.23 bits per heavy atom. The number of primary amides is 1. The molecule has 2 heterocycles. The third-order valence-electron chi connectivity index (χ3n) is 5.67. The maximum absolute atomic E-state index is 11.3. The van der Waals surface area contributed by atoms with Crippen molar-refractivity contribution in [1.82, 2.24) is 4.98 Å². The molecule has 3 N–H and O–H groups in total. The van der Waals surface area contributed by atoms with Crippen LogP contribution in [0.1, 0.15) is 73.8 Å². The zero-order chi connectivity index (χ0) is 18.9. The first-order chi connectivity index (χ1) is 12.2. The van der Waals surface area contributed by atoms with Gasteiger partial charge in [-0.2, -0.15) is 0 Å². The lowest BCUT2D eigenvalue weighted by molar-refractivity contribution is 0.100. The van der Waals surface area contributed by atoms with Crippen LogP contribution in [-0.4, -0.2) is 22.1 Å². The highest BCUT2D eigenvalue weighted by molar-refractivity contribution is 7.20. The second-order valence-corrected chi connectivity index (χ2v) is 9.74. The molecule has 2 aromatic heterocycles. The van der Waals surface area contributed by atoms with Gasteiger partial charge in [-0.05, 0) is 61.1 Å². The highest BCUT2D eigenvalue weighted by Crippen LogP contribution is 2.38. The fourth-order valence-electron chi connectivity index (χ4n) is 3.89. The van der Waals surface area contributed by atoms with Crippen LogP contribution in [0.4, 0.5) is 0 Å². The number of fused-ring (bicyclic) bond motifs is 2. The van der Waals surface area contributed by atoms with E-state index < -0.39 is 0 Å². The van der Waals surface area contributed by atoms with Gasteiger partial charge in [-0.25, -0.2) is 4.98 Å². The summed E-state index contributed by atoms with van der Waals surface area (Å²) in [6, 6.07) is 4.08. The molecule has 0 aliphatic heterocycles. The Morgan fingerprint density at radius 3 is 2.46 bits per heavy atom.